The van der Waals surface area contributed by atoms with Crippen molar-refractivity contribution in [3.8, 4) is 0 Å². The van der Waals surface area contributed by atoms with Crippen molar-refractivity contribution in [1.82, 2.24) is 9.21 Å². The zero-order chi connectivity index (χ0) is 18.6. The predicted octanol–water partition coefficient (Wildman–Crippen LogP) is 2.02. The van der Waals surface area contributed by atoms with Gasteiger partial charge in [-0.1, -0.05) is 30.3 Å². The van der Waals surface area contributed by atoms with Crippen LogP contribution in [0.5, 0.6) is 0 Å². The third kappa shape index (κ3) is 4.91. The molecular formula is C19H23N3O3S. The van der Waals surface area contributed by atoms with E-state index in [0.717, 1.165) is 11.3 Å². The molecule has 2 aromatic carbocycles. The quantitative estimate of drug-likeness (QED) is 0.871. The number of nitrogens with one attached hydrogen (secondary N) is 1. The van der Waals surface area contributed by atoms with Crippen molar-refractivity contribution in [3.05, 3.63) is 65.7 Å². The van der Waals surface area contributed by atoms with Crippen molar-refractivity contribution in [2.24, 2.45) is 0 Å². The van der Waals surface area contributed by atoms with Crippen LogP contribution in [0.2, 0.25) is 0 Å². The van der Waals surface area contributed by atoms with Gasteiger partial charge in [0.1, 0.15) is 0 Å². The lowest BCUT2D eigenvalue weighted by Gasteiger charge is -2.33. The van der Waals surface area contributed by atoms with Gasteiger partial charge in [0.25, 0.3) is 5.91 Å². The number of carbonyl (C=O) groups is 1. The zero-order valence-electron chi connectivity index (χ0n) is 14.8. The number of hydrogen-bond donors (Lipinski definition) is 1. The first-order valence-electron chi connectivity index (χ1n) is 8.55. The van der Waals surface area contributed by atoms with Crippen molar-refractivity contribution in [3.63, 3.8) is 0 Å². The molecule has 2 aromatic rings. The monoisotopic (exact) mass is 373 g/mol. The highest BCUT2D eigenvalue weighted by Crippen LogP contribution is 2.14. The summed E-state index contributed by atoms with van der Waals surface area (Å²) >= 11 is 0. The summed E-state index contributed by atoms with van der Waals surface area (Å²) in [5.41, 5.74) is 2.42. The summed E-state index contributed by atoms with van der Waals surface area (Å²) in [4.78, 5) is 14.6. The fourth-order valence-electron chi connectivity index (χ4n) is 3.01. The molecule has 0 unspecified atom stereocenters. The van der Waals surface area contributed by atoms with Gasteiger partial charge in [-0.25, -0.2) is 8.42 Å². The highest BCUT2D eigenvalue weighted by atomic mass is 32.2. The summed E-state index contributed by atoms with van der Waals surface area (Å²) < 4.78 is 24.7. The number of nitrogens with zero attached hydrogens (tertiary/aromatic N) is 2. The van der Waals surface area contributed by atoms with Crippen LogP contribution in [0.1, 0.15) is 15.9 Å². The second-order valence-electron chi connectivity index (χ2n) is 6.46. The van der Waals surface area contributed by atoms with Gasteiger partial charge in [0.15, 0.2) is 0 Å². The number of piperazine rings is 1. The average Bonchev–Trinajstić information content (AvgIpc) is 2.62. The van der Waals surface area contributed by atoms with Gasteiger partial charge < -0.3 is 5.32 Å². The second-order valence-corrected chi connectivity index (χ2v) is 8.44. The van der Waals surface area contributed by atoms with E-state index < -0.39 is 10.0 Å². The number of rotatable bonds is 5. The number of benzene rings is 2. The molecule has 7 heteroatoms. The topological polar surface area (TPSA) is 69.7 Å². The number of anilines is 1. The highest BCUT2D eigenvalue weighted by Gasteiger charge is 2.23. The minimum atomic E-state index is -3.12. The molecule has 0 radical (unpaired) electrons. The average molecular weight is 373 g/mol. The molecule has 1 aliphatic heterocycles. The SMILES string of the molecule is CS(=O)(=O)N1CCN(Cc2cccc(C(=O)Nc3ccccc3)c2)CC1. The molecule has 0 bridgehead atoms. The lowest BCUT2D eigenvalue weighted by Crippen LogP contribution is -2.47. The first kappa shape index (κ1) is 18.6. The largest absolute Gasteiger partial charge is 0.322 e. The molecule has 0 aromatic heterocycles. The summed E-state index contributed by atoms with van der Waals surface area (Å²) in [5, 5.41) is 2.89. The number of carbonyl (C=O) groups excluding carboxylic acids is 1. The lowest BCUT2D eigenvalue weighted by atomic mass is 10.1. The number of hydrogen-bond acceptors (Lipinski definition) is 4. The molecule has 26 heavy (non-hydrogen) atoms. The van der Waals surface area contributed by atoms with E-state index in [1.807, 2.05) is 48.5 Å². The summed E-state index contributed by atoms with van der Waals surface area (Å²) in [7, 11) is -3.12. The van der Waals surface area contributed by atoms with E-state index in [2.05, 4.69) is 10.2 Å². The molecule has 0 saturated carbocycles. The molecule has 1 amide bonds. The number of sulfonamides is 1. The molecule has 1 heterocycles. The van der Waals surface area contributed by atoms with Gasteiger partial charge in [-0.05, 0) is 29.8 Å². The van der Waals surface area contributed by atoms with Gasteiger partial charge in [-0.3, -0.25) is 9.69 Å². The van der Waals surface area contributed by atoms with E-state index in [0.29, 0.717) is 38.3 Å². The van der Waals surface area contributed by atoms with Crippen LogP contribution in [0.25, 0.3) is 0 Å². The van der Waals surface area contributed by atoms with Gasteiger partial charge in [0.2, 0.25) is 10.0 Å². The Labute approximate surface area is 154 Å². The number of amides is 1. The van der Waals surface area contributed by atoms with E-state index >= 15 is 0 Å². The number of para-hydroxylation sites is 1. The Morgan fingerprint density at radius 1 is 1.00 bits per heavy atom. The maximum absolute atomic E-state index is 12.4. The first-order chi connectivity index (χ1) is 12.4. The van der Waals surface area contributed by atoms with E-state index in [1.54, 1.807) is 6.07 Å². The van der Waals surface area contributed by atoms with Crippen LogP contribution in [-0.4, -0.2) is 56.0 Å². The molecular weight excluding hydrogens is 350 g/mol. The van der Waals surface area contributed by atoms with Crippen LogP contribution in [-0.2, 0) is 16.6 Å². The standard InChI is InChI=1S/C19H23N3O3S/c1-26(24,25)22-12-10-21(11-13-22)15-16-6-5-7-17(14-16)19(23)20-18-8-3-2-4-9-18/h2-9,14H,10-13,15H2,1H3,(H,20,23). The molecule has 1 N–H and O–H groups in total. The Hall–Kier alpha value is -2.22. The van der Waals surface area contributed by atoms with Crippen LogP contribution in [0.15, 0.2) is 54.6 Å². The van der Waals surface area contributed by atoms with Crippen LogP contribution >= 0.6 is 0 Å². The van der Waals surface area contributed by atoms with Crippen LogP contribution < -0.4 is 5.32 Å². The molecule has 0 aliphatic carbocycles. The molecule has 3 rings (SSSR count). The smallest absolute Gasteiger partial charge is 0.255 e. The normalized spacial score (nSPS) is 16.3. The van der Waals surface area contributed by atoms with E-state index in [-0.39, 0.29) is 5.91 Å². The molecule has 0 atom stereocenters. The molecule has 0 spiro atoms. The molecule has 138 valence electrons. The van der Waals surface area contributed by atoms with Gasteiger partial charge >= 0.3 is 0 Å². The minimum Gasteiger partial charge on any atom is -0.322 e. The Morgan fingerprint density at radius 3 is 2.35 bits per heavy atom. The minimum absolute atomic E-state index is 0.139. The maximum Gasteiger partial charge on any atom is 0.255 e. The van der Waals surface area contributed by atoms with Crippen LogP contribution in [0.4, 0.5) is 5.69 Å². The molecule has 6 nitrogen and oxygen atoms in total. The van der Waals surface area contributed by atoms with Crippen molar-refractivity contribution < 1.29 is 13.2 Å². The molecule has 1 aliphatic rings. The van der Waals surface area contributed by atoms with Crippen molar-refractivity contribution in [2.45, 2.75) is 6.54 Å². The Balaban J connectivity index is 1.60. The van der Waals surface area contributed by atoms with Crippen molar-refractivity contribution in [2.75, 3.05) is 37.8 Å². The van der Waals surface area contributed by atoms with Gasteiger partial charge in [-0.15, -0.1) is 0 Å². The summed E-state index contributed by atoms with van der Waals surface area (Å²) in [6.45, 7) is 3.09. The first-order valence-corrected chi connectivity index (χ1v) is 10.4. The predicted molar refractivity (Wildman–Crippen MR) is 103 cm³/mol. The Morgan fingerprint density at radius 2 is 1.69 bits per heavy atom. The van der Waals surface area contributed by atoms with Gasteiger partial charge in [0, 0.05) is 44.0 Å². The maximum atomic E-state index is 12.4. The van der Waals surface area contributed by atoms with Gasteiger partial charge in [-0.2, -0.15) is 4.31 Å². The third-order valence-corrected chi connectivity index (χ3v) is 5.73. The highest BCUT2D eigenvalue weighted by molar-refractivity contribution is 7.88. The molecule has 1 fully saturated rings. The van der Waals surface area contributed by atoms with Crippen LogP contribution in [0, 0.1) is 0 Å². The van der Waals surface area contributed by atoms with Crippen molar-refractivity contribution in [1.29, 1.82) is 0 Å². The lowest BCUT2D eigenvalue weighted by molar-refractivity contribution is 0.102. The fraction of sp³-hybridized carbons (Fsp3) is 0.316. The van der Waals surface area contributed by atoms with E-state index in [9.17, 15) is 13.2 Å². The fourth-order valence-corrected chi connectivity index (χ4v) is 3.84. The summed E-state index contributed by atoms with van der Waals surface area (Å²) in [6.07, 6.45) is 1.25. The van der Waals surface area contributed by atoms with E-state index in [1.165, 1.54) is 10.6 Å². The van der Waals surface area contributed by atoms with Crippen LogP contribution in [0.3, 0.4) is 0 Å². The van der Waals surface area contributed by atoms with Gasteiger partial charge in [0.05, 0.1) is 6.26 Å². The second kappa shape index (κ2) is 7.99. The van der Waals surface area contributed by atoms with E-state index in [4.69, 9.17) is 0 Å². The van der Waals surface area contributed by atoms with Crippen molar-refractivity contribution >= 4 is 21.6 Å². The zero-order valence-corrected chi connectivity index (χ0v) is 15.6. The summed E-state index contributed by atoms with van der Waals surface area (Å²) in [5.74, 6) is -0.139. The third-order valence-electron chi connectivity index (χ3n) is 4.43. The molecule has 1 saturated heterocycles. The summed E-state index contributed by atoms with van der Waals surface area (Å²) in [6, 6.07) is 16.9. The Bertz CT molecular complexity index is 861. The Kier molecular flexibility index (Phi) is 5.70.